The van der Waals surface area contributed by atoms with E-state index < -0.39 is 21.6 Å². The molecule has 0 saturated carbocycles. The van der Waals surface area contributed by atoms with Crippen molar-refractivity contribution in [3.05, 3.63) is 63.6 Å². The van der Waals surface area contributed by atoms with Gasteiger partial charge in [-0.15, -0.1) is 0 Å². The second kappa shape index (κ2) is 13.0. The smallest absolute Gasteiger partial charge is 0.243 e. The van der Waals surface area contributed by atoms with E-state index in [2.05, 4.69) is 5.32 Å². The minimum atomic E-state index is -3.55. The van der Waals surface area contributed by atoms with E-state index in [-0.39, 0.29) is 37.7 Å². The van der Waals surface area contributed by atoms with Crippen LogP contribution in [0.4, 0.5) is 5.69 Å². The number of carbonyl (C=O) groups excluding carboxylic acids is 2. The first-order valence-corrected chi connectivity index (χ1v) is 14.8. The maximum Gasteiger partial charge on any atom is 0.243 e. The van der Waals surface area contributed by atoms with Gasteiger partial charge in [0.2, 0.25) is 21.8 Å². The van der Waals surface area contributed by atoms with Crippen molar-refractivity contribution in [3.8, 4) is 0 Å². The van der Waals surface area contributed by atoms with Crippen molar-refractivity contribution in [1.29, 1.82) is 0 Å². The Hall–Kier alpha value is -2.29. The van der Waals surface area contributed by atoms with Gasteiger partial charge in [0, 0.05) is 25.0 Å². The molecule has 0 radical (unpaired) electrons. The molecule has 2 amide bonds. The van der Waals surface area contributed by atoms with Crippen LogP contribution in [-0.4, -0.2) is 49.5 Å². The van der Waals surface area contributed by atoms with Gasteiger partial charge in [0.25, 0.3) is 0 Å². The number of benzene rings is 2. The first-order chi connectivity index (χ1) is 17.1. The maximum atomic E-state index is 13.5. The van der Waals surface area contributed by atoms with Crippen LogP contribution in [0.2, 0.25) is 10.0 Å². The Labute approximate surface area is 231 Å². The molecule has 0 aliphatic heterocycles. The van der Waals surface area contributed by atoms with Crippen molar-refractivity contribution >= 4 is 50.7 Å². The van der Waals surface area contributed by atoms with E-state index in [1.54, 1.807) is 36.4 Å². The number of sulfonamides is 1. The molecule has 37 heavy (non-hydrogen) atoms. The minimum Gasteiger partial charge on any atom is -0.350 e. The van der Waals surface area contributed by atoms with Crippen LogP contribution in [-0.2, 0) is 26.2 Å². The van der Waals surface area contributed by atoms with Gasteiger partial charge in [-0.05, 0) is 75.9 Å². The highest BCUT2D eigenvalue weighted by Crippen LogP contribution is 2.25. The van der Waals surface area contributed by atoms with Gasteiger partial charge in [-0.25, -0.2) is 8.42 Å². The Morgan fingerprint density at radius 3 is 2.27 bits per heavy atom. The van der Waals surface area contributed by atoms with Gasteiger partial charge in [0.15, 0.2) is 0 Å². The number of amides is 2. The quantitative estimate of drug-likeness (QED) is 0.383. The van der Waals surface area contributed by atoms with Crippen LogP contribution in [0.5, 0.6) is 0 Å². The summed E-state index contributed by atoms with van der Waals surface area (Å²) in [5.41, 5.74) is 1.76. The van der Waals surface area contributed by atoms with Crippen LogP contribution in [0.3, 0.4) is 0 Å². The lowest BCUT2D eigenvalue weighted by atomic mass is 10.0. The van der Waals surface area contributed by atoms with Crippen molar-refractivity contribution in [1.82, 2.24) is 10.2 Å². The van der Waals surface area contributed by atoms with E-state index in [0.717, 1.165) is 17.4 Å². The molecule has 2 aromatic rings. The molecule has 0 fully saturated rings. The summed E-state index contributed by atoms with van der Waals surface area (Å²) in [6, 6.07) is 11.6. The van der Waals surface area contributed by atoms with Crippen molar-refractivity contribution in [2.45, 2.75) is 72.0 Å². The van der Waals surface area contributed by atoms with E-state index in [1.807, 2.05) is 40.7 Å². The summed E-state index contributed by atoms with van der Waals surface area (Å²) in [4.78, 5) is 28.2. The highest BCUT2D eigenvalue weighted by molar-refractivity contribution is 7.92. The van der Waals surface area contributed by atoms with Crippen LogP contribution in [0.25, 0.3) is 0 Å². The van der Waals surface area contributed by atoms with Crippen LogP contribution in [0.1, 0.15) is 58.1 Å². The van der Waals surface area contributed by atoms with Gasteiger partial charge in [-0.1, -0.05) is 48.3 Å². The molecule has 0 aliphatic rings. The topological polar surface area (TPSA) is 86.8 Å². The van der Waals surface area contributed by atoms with Gasteiger partial charge in [-0.2, -0.15) is 0 Å². The molecule has 204 valence electrons. The highest BCUT2D eigenvalue weighted by atomic mass is 35.5. The number of aryl methyl sites for hydroxylation is 1. The minimum absolute atomic E-state index is 0.0679. The van der Waals surface area contributed by atoms with E-state index in [9.17, 15) is 18.0 Å². The Balaban J connectivity index is 2.27. The fourth-order valence-electron chi connectivity index (χ4n) is 3.99. The lowest BCUT2D eigenvalue weighted by Crippen LogP contribution is -2.53. The summed E-state index contributed by atoms with van der Waals surface area (Å²) in [5, 5.41) is 3.73. The zero-order valence-electron chi connectivity index (χ0n) is 22.3. The lowest BCUT2D eigenvalue weighted by Gasteiger charge is -2.33. The second-order valence-corrected chi connectivity index (χ2v) is 12.9. The summed E-state index contributed by atoms with van der Waals surface area (Å²) in [7, 11) is -3.55. The average molecular weight is 571 g/mol. The fourth-order valence-corrected chi connectivity index (χ4v) is 5.27. The van der Waals surface area contributed by atoms with E-state index in [4.69, 9.17) is 23.2 Å². The molecule has 0 spiro atoms. The monoisotopic (exact) mass is 569 g/mol. The number of hydrogen-bond acceptors (Lipinski definition) is 4. The number of hydrogen-bond donors (Lipinski definition) is 1. The van der Waals surface area contributed by atoms with E-state index >= 15 is 0 Å². The summed E-state index contributed by atoms with van der Waals surface area (Å²) < 4.78 is 26.3. The molecule has 0 heterocycles. The SMILES string of the molecule is CC[C@@H](C(=O)NC(C)(C)C)N(Cc1ccc(Cl)c(Cl)c1)C(=O)CCCN(c1cccc(C)c1)S(C)(=O)=O. The first-order valence-electron chi connectivity index (χ1n) is 12.2. The van der Waals surface area contributed by atoms with E-state index in [0.29, 0.717) is 22.2 Å². The number of carbonyl (C=O) groups is 2. The van der Waals surface area contributed by atoms with Crippen LogP contribution in [0, 0.1) is 6.92 Å². The Morgan fingerprint density at radius 1 is 1.05 bits per heavy atom. The standard InChI is InChI=1S/C27H37Cl2N3O4S/c1-7-24(26(34)30-27(3,4)5)31(18-20-13-14-22(28)23(29)17-20)25(33)12-9-15-32(37(6,35)36)21-11-8-10-19(2)16-21/h8,10-11,13-14,16-17,24H,7,9,12,15,18H2,1-6H3,(H,30,34)/t24-/m0/s1. The van der Waals surface area contributed by atoms with Crippen molar-refractivity contribution in [2.24, 2.45) is 0 Å². The molecule has 10 heteroatoms. The molecule has 0 aliphatic carbocycles. The van der Waals surface area contributed by atoms with Gasteiger partial charge in [-0.3, -0.25) is 13.9 Å². The van der Waals surface area contributed by atoms with E-state index in [1.165, 1.54) is 9.21 Å². The Kier molecular flexibility index (Phi) is 10.9. The Bertz CT molecular complexity index is 1210. The number of rotatable bonds is 11. The molecule has 0 bridgehead atoms. The summed E-state index contributed by atoms with van der Waals surface area (Å²) in [5.74, 6) is -0.499. The number of nitrogens with one attached hydrogen (secondary N) is 1. The Morgan fingerprint density at radius 2 is 1.73 bits per heavy atom. The summed E-state index contributed by atoms with van der Waals surface area (Å²) in [6.07, 6.45) is 1.92. The predicted molar refractivity (Wildman–Crippen MR) is 152 cm³/mol. The number of halogens is 2. The van der Waals surface area contributed by atoms with Gasteiger partial charge >= 0.3 is 0 Å². The fraction of sp³-hybridized carbons (Fsp3) is 0.481. The van der Waals surface area contributed by atoms with Crippen molar-refractivity contribution in [3.63, 3.8) is 0 Å². The van der Waals surface area contributed by atoms with Gasteiger partial charge in [0.05, 0.1) is 22.0 Å². The first kappa shape index (κ1) is 30.9. The average Bonchev–Trinajstić information content (AvgIpc) is 2.76. The van der Waals surface area contributed by atoms with Crippen LogP contribution >= 0.6 is 23.2 Å². The summed E-state index contributed by atoms with van der Waals surface area (Å²) >= 11 is 12.3. The normalized spacial score (nSPS) is 12.6. The molecular formula is C27H37Cl2N3O4S. The zero-order valence-corrected chi connectivity index (χ0v) is 24.7. The van der Waals surface area contributed by atoms with Gasteiger partial charge < -0.3 is 10.2 Å². The van der Waals surface area contributed by atoms with Gasteiger partial charge in [0.1, 0.15) is 6.04 Å². The molecule has 0 unspecified atom stereocenters. The molecule has 7 nitrogen and oxygen atoms in total. The largest absolute Gasteiger partial charge is 0.350 e. The molecule has 0 saturated heterocycles. The number of nitrogens with zero attached hydrogens (tertiary/aromatic N) is 2. The molecule has 2 aromatic carbocycles. The highest BCUT2D eigenvalue weighted by Gasteiger charge is 2.31. The number of anilines is 1. The molecule has 2 rings (SSSR count). The third kappa shape index (κ3) is 9.51. The molecular weight excluding hydrogens is 533 g/mol. The van der Waals surface area contributed by atoms with Crippen molar-refractivity contribution < 1.29 is 18.0 Å². The third-order valence-corrected chi connectivity index (χ3v) is 7.60. The van der Waals surface area contributed by atoms with Crippen LogP contribution < -0.4 is 9.62 Å². The maximum absolute atomic E-state index is 13.5. The predicted octanol–water partition coefficient (Wildman–Crippen LogP) is 5.57. The molecule has 1 N–H and O–H groups in total. The summed E-state index contributed by atoms with van der Waals surface area (Å²) in [6.45, 7) is 9.70. The molecule has 1 atom stereocenters. The zero-order chi connectivity index (χ0) is 28.0. The second-order valence-electron chi connectivity index (χ2n) is 10.2. The molecule has 0 aromatic heterocycles. The van der Waals surface area contributed by atoms with Crippen molar-refractivity contribution in [2.75, 3.05) is 17.1 Å². The lowest BCUT2D eigenvalue weighted by molar-refractivity contribution is -0.142. The van der Waals surface area contributed by atoms with Crippen LogP contribution in [0.15, 0.2) is 42.5 Å². The third-order valence-electron chi connectivity index (χ3n) is 5.66.